The molecule has 21 heavy (non-hydrogen) atoms. The number of nitrogens with zero attached hydrogens (tertiary/aromatic N) is 2. The molecule has 0 radical (unpaired) electrons. The fourth-order valence-electron chi connectivity index (χ4n) is 1.37. The number of ether oxygens (including phenoxy) is 1. The molecule has 0 unspecified atom stereocenters. The molecule has 0 bridgehead atoms. The predicted octanol–water partition coefficient (Wildman–Crippen LogP) is 1.73. The number of nitrogens with one attached hydrogen (secondary N) is 2. The second-order valence-corrected chi connectivity index (χ2v) is 5.51. The lowest BCUT2D eigenvalue weighted by molar-refractivity contribution is -0.00382. The SMILES string of the molecule is CC(C)(C)OC(=O)NCC(F)(F)CNCc1cnccn1. The van der Waals surface area contributed by atoms with Gasteiger partial charge < -0.3 is 15.4 Å². The summed E-state index contributed by atoms with van der Waals surface area (Å²) in [5.41, 5.74) is -0.155. The Morgan fingerprint density at radius 3 is 2.57 bits per heavy atom. The van der Waals surface area contributed by atoms with Crippen LogP contribution in [0.4, 0.5) is 13.6 Å². The molecule has 0 aromatic carbocycles. The maximum atomic E-state index is 13.6. The lowest BCUT2D eigenvalue weighted by Gasteiger charge is -2.22. The Labute approximate surface area is 122 Å². The molecular weight excluding hydrogens is 282 g/mol. The highest BCUT2D eigenvalue weighted by Gasteiger charge is 2.30. The van der Waals surface area contributed by atoms with Gasteiger partial charge in [-0.1, -0.05) is 0 Å². The van der Waals surface area contributed by atoms with Gasteiger partial charge in [-0.3, -0.25) is 9.97 Å². The van der Waals surface area contributed by atoms with E-state index in [1.807, 2.05) is 5.32 Å². The molecule has 0 aliphatic rings. The third-order valence-corrected chi connectivity index (χ3v) is 2.20. The van der Waals surface area contributed by atoms with E-state index < -0.39 is 30.7 Å². The van der Waals surface area contributed by atoms with Crippen molar-refractivity contribution in [3.63, 3.8) is 0 Å². The zero-order chi connectivity index (χ0) is 15.9. The van der Waals surface area contributed by atoms with E-state index in [0.29, 0.717) is 5.69 Å². The van der Waals surface area contributed by atoms with Crippen LogP contribution in [0, 0.1) is 0 Å². The van der Waals surface area contributed by atoms with E-state index in [2.05, 4.69) is 15.3 Å². The molecule has 0 atom stereocenters. The molecule has 1 rings (SSSR count). The molecule has 8 heteroatoms. The summed E-state index contributed by atoms with van der Waals surface area (Å²) in [6.07, 6.45) is 3.61. The van der Waals surface area contributed by atoms with Gasteiger partial charge in [0.25, 0.3) is 5.92 Å². The van der Waals surface area contributed by atoms with Crippen molar-refractivity contribution in [2.75, 3.05) is 13.1 Å². The number of carbonyl (C=O) groups is 1. The zero-order valence-electron chi connectivity index (χ0n) is 12.3. The Bertz CT molecular complexity index is 449. The van der Waals surface area contributed by atoms with E-state index in [1.54, 1.807) is 20.8 Å². The summed E-state index contributed by atoms with van der Waals surface area (Å²) in [6.45, 7) is 3.78. The second kappa shape index (κ2) is 7.26. The standard InChI is InChI=1S/C13H20F2N4O2/c1-12(2,3)21-11(20)19-9-13(14,15)8-17-7-10-6-16-4-5-18-10/h4-6,17H,7-9H2,1-3H3,(H,19,20). The number of hydrogen-bond acceptors (Lipinski definition) is 5. The highest BCUT2D eigenvalue weighted by molar-refractivity contribution is 5.67. The maximum Gasteiger partial charge on any atom is 0.407 e. The first-order chi connectivity index (χ1) is 9.68. The van der Waals surface area contributed by atoms with Crippen molar-refractivity contribution in [2.24, 2.45) is 0 Å². The van der Waals surface area contributed by atoms with Crippen molar-refractivity contribution in [1.82, 2.24) is 20.6 Å². The van der Waals surface area contributed by atoms with Gasteiger partial charge in [-0.2, -0.15) is 0 Å². The van der Waals surface area contributed by atoms with Crippen LogP contribution in [0.15, 0.2) is 18.6 Å². The lowest BCUT2D eigenvalue weighted by atomic mass is 10.2. The van der Waals surface area contributed by atoms with E-state index in [1.165, 1.54) is 18.6 Å². The fourth-order valence-corrected chi connectivity index (χ4v) is 1.37. The Morgan fingerprint density at radius 1 is 1.29 bits per heavy atom. The predicted molar refractivity (Wildman–Crippen MR) is 72.9 cm³/mol. The second-order valence-electron chi connectivity index (χ2n) is 5.51. The van der Waals surface area contributed by atoms with Gasteiger partial charge in [0, 0.05) is 25.1 Å². The summed E-state index contributed by atoms with van der Waals surface area (Å²) in [7, 11) is 0. The van der Waals surface area contributed by atoms with E-state index in [0.717, 1.165) is 0 Å². The summed E-state index contributed by atoms with van der Waals surface area (Å²) >= 11 is 0. The van der Waals surface area contributed by atoms with Gasteiger partial charge in [0.15, 0.2) is 0 Å². The van der Waals surface area contributed by atoms with Crippen LogP contribution in [0.1, 0.15) is 26.5 Å². The van der Waals surface area contributed by atoms with Gasteiger partial charge in [0.2, 0.25) is 0 Å². The number of alkyl carbamates (subject to hydrolysis) is 1. The molecule has 0 fully saturated rings. The van der Waals surface area contributed by atoms with Crippen LogP contribution in [0.5, 0.6) is 0 Å². The summed E-state index contributed by atoms with van der Waals surface area (Å²) in [6, 6.07) is 0. The molecule has 0 spiro atoms. The van der Waals surface area contributed by atoms with Crippen molar-refractivity contribution in [3.05, 3.63) is 24.3 Å². The number of aromatic nitrogens is 2. The van der Waals surface area contributed by atoms with E-state index in [9.17, 15) is 13.6 Å². The van der Waals surface area contributed by atoms with Crippen molar-refractivity contribution >= 4 is 6.09 Å². The van der Waals surface area contributed by atoms with Gasteiger partial charge in [0.05, 0.1) is 18.8 Å². The number of rotatable bonds is 6. The molecule has 0 aliphatic heterocycles. The number of halogens is 2. The highest BCUT2D eigenvalue weighted by Crippen LogP contribution is 2.12. The lowest BCUT2D eigenvalue weighted by Crippen LogP contribution is -2.44. The molecular formula is C13H20F2N4O2. The van der Waals surface area contributed by atoms with Crippen LogP contribution >= 0.6 is 0 Å². The van der Waals surface area contributed by atoms with E-state index in [-0.39, 0.29) is 6.54 Å². The molecule has 0 saturated carbocycles. The van der Waals surface area contributed by atoms with Gasteiger partial charge >= 0.3 is 6.09 Å². The van der Waals surface area contributed by atoms with Crippen molar-refractivity contribution in [1.29, 1.82) is 0 Å². The van der Waals surface area contributed by atoms with Crippen molar-refractivity contribution in [3.8, 4) is 0 Å². The smallest absolute Gasteiger partial charge is 0.407 e. The first-order valence-electron chi connectivity index (χ1n) is 6.48. The summed E-state index contributed by atoms with van der Waals surface area (Å²) in [5.74, 6) is -3.08. The minimum absolute atomic E-state index is 0.176. The van der Waals surface area contributed by atoms with Crippen molar-refractivity contribution < 1.29 is 18.3 Å². The summed E-state index contributed by atoms with van der Waals surface area (Å²) in [5, 5.41) is 4.62. The molecule has 0 saturated heterocycles. The van der Waals surface area contributed by atoms with Gasteiger partial charge in [-0.05, 0) is 20.8 Å². The van der Waals surface area contributed by atoms with Gasteiger partial charge in [0.1, 0.15) is 5.60 Å². The van der Waals surface area contributed by atoms with Gasteiger partial charge in [-0.15, -0.1) is 0 Å². The number of alkyl halides is 2. The zero-order valence-corrected chi connectivity index (χ0v) is 12.3. The largest absolute Gasteiger partial charge is 0.444 e. The molecule has 0 aliphatic carbocycles. The quantitative estimate of drug-likeness (QED) is 0.837. The molecule has 118 valence electrons. The molecule has 6 nitrogen and oxygen atoms in total. The average Bonchev–Trinajstić information content (AvgIpc) is 2.36. The number of carbonyl (C=O) groups excluding carboxylic acids is 1. The minimum Gasteiger partial charge on any atom is -0.444 e. The Morgan fingerprint density at radius 2 is 2.00 bits per heavy atom. The third-order valence-electron chi connectivity index (χ3n) is 2.20. The Balaban J connectivity index is 2.28. The normalized spacial score (nSPS) is 12.0. The third kappa shape index (κ3) is 8.13. The number of amides is 1. The summed E-state index contributed by atoms with van der Waals surface area (Å²) < 4.78 is 32.0. The summed E-state index contributed by atoms with van der Waals surface area (Å²) in [4.78, 5) is 19.1. The first-order valence-corrected chi connectivity index (χ1v) is 6.48. The molecule has 2 N–H and O–H groups in total. The molecule has 1 aromatic heterocycles. The average molecular weight is 302 g/mol. The molecule has 1 aromatic rings. The first kappa shape index (κ1) is 17.2. The van der Waals surface area contributed by atoms with Crippen LogP contribution in [-0.4, -0.2) is 40.7 Å². The number of hydrogen-bond donors (Lipinski definition) is 2. The van der Waals surface area contributed by atoms with Crippen LogP contribution < -0.4 is 10.6 Å². The highest BCUT2D eigenvalue weighted by atomic mass is 19.3. The molecule has 1 heterocycles. The molecule has 1 amide bonds. The monoisotopic (exact) mass is 302 g/mol. The van der Waals surface area contributed by atoms with Crippen LogP contribution in [0.25, 0.3) is 0 Å². The topological polar surface area (TPSA) is 76.1 Å². The van der Waals surface area contributed by atoms with Gasteiger partial charge in [-0.25, -0.2) is 13.6 Å². The van der Waals surface area contributed by atoms with E-state index >= 15 is 0 Å². The fraction of sp³-hybridized carbons (Fsp3) is 0.615. The van der Waals surface area contributed by atoms with Crippen LogP contribution in [0.3, 0.4) is 0 Å². The minimum atomic E-state index is -3.08. The van der Waals surface area contributed by atoms with Crippen molar-refractivity contribution in [2.45, 2.75) is 38.8 Å². The Hall–Kier alpha value is -1.83. The maximum absolute atomic E-state index is 13.6. The van der Waals surface area contributed by atoms with E-state index in [4.69, 9.17) is 4.74 Å². The van der Waals surface area contributed by atoms with Crippen LogP contribution in [0.2, 0.25) is 0 Å². The van der Waals surface area contributed by atoms with Crippen LogP contribution in [-0.2, 0) is 11.3 Å². The Kier molecular flexibility index (Phi) is 5.95.